The van der Waals surface area contributed by atoms with Gasteiger partial charge in [-0.1, -0.05) is 42.5 Å². The number of carbonyl (C=O) groups excluding carboxylic acids is 1. The average Bonchev–Trinajstić information content (AvgIpc) is 2.70. The summed E-state index contributed by atoms with van der Waals surface area (Å²) in [4.78, 5) is 12.5. The van der Waals surface area contributed by atoms with Crippen LogP contribution in [0.1, 0.15) is 15.9 Å². The minimum absolute atomic E-state index is 0.134. The van der Waals surface area contributed by atoms with E-state index in [0.717, 1.165) is 0 Å². The molecule has 1 amide bonds. The average molecular weight is 398 g/mol. The van der Waals surface area contributed by atoms with E-state index in [4.69, 9.17) is 0 Å². The van der Waals surface area contributed by atoms with Crippen molar-refractivity contribution in [2.24, 2.45) is 0 Å². The molecule has 0 atom stereocenters. The lowest BCUT2D eigenvalue weighted by Crippen LogP contribution is -2.26. The number of rotatable bonds is 7. The van der Waals surface area contributed by atoms with Gasteiger partial charge in [-0.05, 0) is 48.4 Å². The minimum Gasteiger partial charge on any atom is -0.352 e. The number of hydrogen-bond donors (Lipinski definition) is 2. The quantitative estimate of drug-likeness (QED) is 0.639. The lowest BCUT2D eigenvalue weighted by atomic mass is 10.1. The van der Waals surface area contributed by atoms with Crippen LogP contribution in [-0.2, 0) is 16.4 Å². The summed E-state index contributed by atoms with van der Waals surface area (Å²) in [6, 6.07) is 20.6. The summed E-state index contributed by atoms with van der Waals surface area (Å²) in [5.74, 6) is -0.675. The maximum atomic E-state index is 13.6. The zero-order chi connectivity index (χ0) is 20.0. The molecule has 2 N–H and O–H groups in total. The summed E-state index contributed by atoms with van der Waals surface area (Å²) in [5.41, 5.74) is 1.11. The Balaban J connectivity index is 1.64. The van der Waals surface area contributed by atoms with E-state index in [1.54, 1.807) is 54.6 Å². The maximum Gasteiger partial charge on any atom is 0.261 e. The van der Waals surface area contributed by atoms with Crippen molar-refractivity contribution in [1.29, 1.82) is 0 Å². The predicted octanol–water partition coefficient (Wildman–Crippen LogP) is 3.60. The molecule has 3 aromatic carbocycles. The van der Waals surface area contributed by atoms with Crippen LogP contribution in [0.3, 0.4) is 0 Å². The molecule has 3 aromatic rings. The molecule has 0 unspecified atom stereocenters. The van der Waals surface area contributed by atoms with Crippen LogP contribution < -0.4 is 10.0 Å². The lowest BCUT2D eigenvalue weighted by molar-refractivity contribution is 0.0954. The second-order valence-corrected chi connectivity index (χ2v) is 7.78. The van der Waals surface area contributed by atoms with E-state index in [9.17, 15) is 17.6 Å². The normalized spacial score (nSPS) is 11.0. The Kier molecular flexibility index (Phi) is 6.06. The van der Waals surface area contributed by atoms with Gasteiger partial charge in [0.1, 0.15) is 5.82 Å². The Bertz CT molecular complexity index is 1070. The van der Waals surface area contributed by atoms with E-state index < -0.39 is 10.0 Å². The van der Waals surface area contributed by atoms with E-state index >= 15 is 0 Å². The molecule has 0 saturated heterocycles. The zero-order valence-electron chi connectivity index (χ0n) is 14.9. The first kappa shape index (κ1) is 19.6. The molecule has 0 aliphatic heterocycles. The van der Waals surface area contributed by atoms with Crippen molar-refractivity contribution in [3.8, 4) is 0 Å². The molecular formula is C21H19FN2O3S. The Morgan fingerprint density at radius 1 is 0.893 bits per heavy atom. The molecule has 0 aliphatic rings. The predicted molar refractivity (Wildman–Crippen MR) is 106 cm³/mol. The summed E-state index contributed by atoms with van der Waals surface area (Å²) >= 11 is 0. The molecule has 7 heteroatoms. The zero-order valence-corrected chi connectivity index (χ0v) is 15.7. The van der Waals surface area contributed by atoms with Crippen molar-refractivity contribution in [3.05, 3.63) is 95.8 Å². The number of nitrogens with one attached hydrogen (secondary N) is 2. The van der Waals surface area contributed by atoms with Crippen LogP contribution in [0, 0.1) is 5.82 Å². The van der Waals surface area contributed by atoms with Crippen molar-refractivity contribution in [2.75, 3.05) is 11.3 Å². The number of benzene rings is 3. The molecule has 0 bridgehead atoms. The first-order chi connectivity index (χ1) is 13.5. The topological polar surface area (TPSA) is 75.3 Å². The maximum absolute atomic E-state index is 13.6. The molecule has 0 aliphatic carbocycles. The van der Waals surface area contributed by atoms with Gasteiger partial charge in [0.25, 0.3) is 15.9 Å². The summed E-state index contributed by atoms with van der Waals surface area (Å²) in [7, 11) is -3.74. The summed E-state index contributed by atoms with van der Waals surface area (Å²) in [6.07, 6.45) is 0.360. The molecule has 0 aromatic heterocycles. The van der Waals surface area contributed by atoms with Crippen molar-refractivity contribution >= 4 is 21.6 Å². The van der Waals surface area contributed by atoms with Crippen LogP contribution in [0.4, 0.5) is 10.1 Å². The Morgan fingerprint density at radius 2 is 1.61 bits per heavy atom. The third kappa shape index (κ3) is 4.95. The third-order valence-corrected chi connectivity index (χ3v) is 5.47. The van der Waals surface area contributed by atoms with Crippen molar-refractivity contribution in [2.45, 2.75) is 11.3 Å². The molecule has 0 spiro atoms. The van der Waals surface area contributed by atoms with Crippen LogP contribution in [0.5, 0.6) is 0 Å². The molecule has 28 heavy (non-hydrogen) atoms. The SMILES string of the molecule is O=C(NCCc1ccccc1F)c1cccc(NS(=O)(=O)c2ccccc2)c1. The fourth-order valence-electron chi connectivity index (χ4n) is 2.65. The second-order valence-electron chi connectivity index (χ2n) is 6.10. The number of amides is 1. The summed E-state index contributed by atoms with van der Waals surface area (Å²) in [5, 5.41) is 2.71. The number of anilines is 1. The first-order valence-corrected chi connectivity index (χ1v) is 10.1. The van der Waals surface area contributed by atoms with Gasteiger partial charge in [-0.2, -0.15) is 0 Å². The fourth-order valence-corrected chi connectivity index (χ4v) is 3.72. The van der Waals surface area contributed by atoms with Gasteiger partial charge in [-0.25, -0.2) is 12.8 Å². The molecule has 3 rings (SSSR count). The summed E-state index contributed by atoms with van der Waals surface area (Å²) in [6.45, 7) is 0.264. The van der Waals surface area contributed by atoms with Gasteiger partial charge >= 0.3 is 0 Å². The highest BCUT2D eigenvalue weighted by atomic mass is 32.2. The van der Waals surface area contributed by atoms with Crippen molar-refractivity contribution in [1.82, 2.24) is 5.32 Å². The molecule has 0 fully saturated rings. The van der Waals surface area contributed by atoms with Crippen LogP contribution in [0.25, 0.3) is 0 Å². The van der Waals surface area contributed by atoms with E-state index in [2.05, 4.69) is 10.0 Å². The lowest BCUT2D eigenvalue weighted by Gasteiger charge is -2.10. The van der Waals surface area contributed by atoms with Gasteiger partial charge in [0.15, 0.2) is 0 Å². The number of carbonyl (C=O) groups is 1. The summed E-state index contributed by atoms with van der Waals surface area (Å²) < 4.78 is 40.9. The minimum atomic E-state index is -3.74. The van der Waals surface area contributed by atoms with Gasteiger partial charge in [0.2, 0.25) is 0 Å². The highest BCUT2D eigenvalue weighted by Crippen LogP contribution is 2.17. The Hall–Kier alpha value is -3.19. The monoisotopic (exact) mass is 398 g/mol. The number of hydrogen-bond acceptors (Lipinski definition) is 3. The smallest absolute Gasteiger partial charge is 0.261 e. The number of sulfonamides is 1. The van der Waals surface area contributed by atoms with Crippen LogP contribution in [-0.4, -0.2) is 20.9 Å². The van der Waals surface area contributed by atoms with Crippen LogP contribution in [0.15, 0.2) is 83.8 Å². The van der Waals surface area contributed by atoms with E-state index in [1.165, 1.54) is 24.3 Å². The highest BCUT2D eigenvalue weighted by Gasteiger charge is 2.14. The molecule has 5 nitrogen and oxygen atoms in total. The molecule has 0 heterocycles. The number of halogens is 1. The fraction of sp³-hybridized carbons (Fsp3) is 0.0952. The molecule has 0 saturated carbocycles. The van der Waals surface area contributed by atoms with Crippen LogP contribution >= 0.6 is 0 Å². The van der Waals surface area contributed by atoms with E-state index in [0.29, 0.717) is 17.5 Å². The Labute approximate surface area is 163 Å². The van der Waals surface area contributed by atoms with Gasteiger partial charge in [0.05, 0.1) is 4.90 Å². The van der Waals surface area contributed by atoms with Crippen molar-refractivity contribution < 1.29 is 17.6 Å². The largest absolute Gasteiger partial charge is 0.352 e. The van der Waals surface area contributed by atoms with Gasteiger partial charge in [-0.15, -0.1) is 0 Å². The standard InChI is InChI=1S/C21H19FN2O3S/c22-20-12-5-4-7-16(20)13-14-23-21(25)17-8-6-9-18(15-17)24-28(26,27)19-10-2-1-3-11-19/h1-12,15,24H,13-14H2,(H,23,25). The van der Waals surface area contributed by atoms with Gasteiger partial charge in [-0.3, -0.25) is 9.52 Å². The van der Waals surface area contributed by atoms with Crippen LogP contribution in [0.2, 0.25) is 0 Å². The van der Waals surface area contributed by atoms with Gasteiger partial charge < -0.3 is 5.32 Å². The van der Waals surface area contributed by atoms with Gasteiger partial charge in [0, 0.05) is 17.8 Å². The highest BCUT2D eigenvalue weighted by molar-refractivity contribution is 7.92. The second kappa shape index (κ2) is 8.67. The van der Waals surface area contributed by atoms with Crippen molar-refractivity contribution in [3.63, 3.8) is 0 Å². The Morgan fingerprint density at radius 3 is 2.36 bits per heavy atom. The first-order valence-electron chi connectivity index (χ1n) is 8.65. The molecular weight excluding hydrogens is 379 g/mol. The molecule has 0 radical (unpaired) electrons. The molecule has 144 valence electrons. The van der Waals surface area contributed by atoms with E-state index in [-0.39, 0.29) is 28.9 Å². The third-order valence-electron chi connectivity index (χ3n) is 4.07. The van der Waals surface area contributed by atoms with E-state index in [1.807, 2.05) is 0 Å².